The zero-order valence-electron chi connectivity index (χ0n) is 11.9. The highest BCUT2D eigenvalue weighted by Gasteiger charge is 2.02. The third-order valence-electron chi connectivity index (χ3n) is 3.33. The van der Waals surface area contributed by atoms with Gasteiger partial charge in [-0.05, 0) is 17.2 Å². The Morgan fingerprint density at radius 2 is 1.90 bits per heavy atom. The fraction of sp³-hybridized carbons (Fsp3) is 0.176. The Bertz CT molecular complexity index is 737. The van der Waals surface area contributed by atoms with Gasteiger partial charge in [-0.2, -0.15) is 10.2 Å². The average molecular weight is 279 g/mol. The summed E-state index contributed by atoms with van der Waals surface area (Å²) in [5.74, 6) is 0. The van der Waals surface area contributed by atoms with Crippen LogP contribution in [-0.2, 0) is 17.9 Å². The van der Waals surface area contributed by atoms with Gasteiger partial charge in [-0.15, -0.1) is 0 Å². The van der Waals surface area contributed by atoms with Crippen LogP contribution in [0.4, 0.5) is 5.69 Å². The van der Waals surface area contributed by atoms with Crippen LogP contribution in [0.5, 0.6) is 0 Å². The zero-order valence-corrected chi connectivity index (χ0v) is 11.9. The van der Waals surface area contributed by atoms with Crippen molar-refractivity contribution in [2.75, 3.05) is 12.4 Å². The highest BCUT2D eigenvalue weighted by atomic mass is 16.5. The van der Waals surface area contributed by atoms with Crippen molar-refractivity contribution in [3.63, 3.8) is 0 Å². The third kappa shape index (κ3) is 3.17. The van der Waals surface area contributed by atoms with Gasteiger partial charge in [0.05, 0.1) is 24.0 Å². The van der Waals surface area contributed by atoms with Gasteiger partial charge < -0.3 is 10.1 Å². The van der Waals surface area contributed by atoms with E-state index in [-0.39, 0.29) is 0 Å². The summed E-state index contributed by atoms with van der Waals surface area (Å²) in [6.07, 6.45) is 1.77. The van der Waals surface area contributed by atoms with Crippen LogP contribution in [0.15, 0.2) is 54.7 Å². The van der Waals surface area contributed by atoms with Gasteiger partial charge in [0, 0.05) is 19.0 Å². The highest BCUT2D eigenvalue weighted by molar-refractivity contribution is 5.90. The molecule has 0 fully saturated rings. The molecule has 0 radical (unpaired) electrons. The Morgan fingerprint density at radius 3 is 2.81 bits per heavy atom. The maximum Gasteiger partial charge on any atom is 0.0950 e. The van der Waals surface area contributed by atoms with Crippen molar-refractivity contribution >= 4 is 16.6 Å². The molecule has 1 aromatic heterocycles. The number of anilines is 1. The van der Waals surface area contributed by atoms with Crippen LogP contribution >= 0.6 is 0 Å². The maximum atomic E-state index is 5.16. The van der Waals surface area contributed by atoms with E-state index in [1.165, 1.54) is 11.1 Å². The van der Waals surface area contributed by atoms with E-state index in [0.717, 1.165) is 23.1 Å². The van der Waals surface area contributed by atoms with E-state index >= 15 is 0 Å². The van der Waals surface area contributed by atoms with E-state index in [1.807, 2.05) is 30.3 Å². The molecule has 0 atom stereocenters. The Kier molecular flexibility index (Phi) is 4.07. The molecule has 106 valence electrons. The summed E-state index contributed by atoms with van der Waals surface area (Å²) in [6.45, 7) is 1.38. The summed E-state index contributed by atoms with van der Waals surface area (Å²) in [4.78, 5) is 0. The van der Waals surface area contributed by atoms with E-state index in [1.54, 1.807) is 13.3 Å². The number of hydrogen-bond acceptors (Lipinski definition) is 4. The van der Waals surface area contributed by atoms with Crippen molar-refractivity contribution in [3.8, 4) is 0 Å². The summed E-state index contributed by atoms with van der Waals surface area (Å²) < 4.78 is 5.16. The molecule has 1 heterocycles. The van der Waals surface area contributed by atoms with E-state index in [2.05, 4.69) is 33.7 Å². The van der Waals surface area contributed by atoms with E-state index in [0.29, 0.717) is 6.61 Å². The molecule has 0 amide bonds. The zero-order chi connectivity index (χ0) is 14.5. The summed E-state index contributed by atoms with van der Waals surface area (Å²) in [6, 6.07) is 16.4. The van der Waals surface area contributed by atoms with E-state index in [9.17, 15) is 0 Å². The molecule has 0 saturated carbocycles. The molecule has 0 saturated heterocycles. The van der Waals surface area contributed by atoms with Crippen molar-refractivity contribution in [2.24, 2.45) is 0 Å². The molecule has 0 unspecified atom stereocenters. The fourth-order valence-corrected chi connectivity index (χ4v) is 2.34. The fourth-order valence-electron chi connectivity index (χ4n) is 2.34. The number of aromatic nitrogens is 2. The second kappa shape index (κ2) is 6.33. The lowest BCUT2D eigenvalue weighted by atomic mass is 10.1. The van der Waals surface area contributed by atoms with Gasteiger partial charge in [0.1, 0.15) is 0 Å². The minimum absolute atomic E-state index is 0.633. The quantitative estimate of drug-likeness (QED) is 0.777. The predicted octanol–water partition coefficient (Wildman–Crippen LogP) is 3.39. The average Bonchev–Trinajstić information content (AvgIpc) is 2.53. The Morgan fingerprint density at radius 1 is 1.05 bits per heavy atom. The number of benzene rings is 2. The van der Waals surface area contributed by atoms with Crippen LogP contribution in [0.1, 0.15) is 11.1 Å². The Balaban J connectivity index is 1.79. The van der Waals surface area contributed by atoms with Gasteiger partial charge in [-0.25, -0.2) is 0 Å². The minimum atomic E-state index is 0.633. The second-order valence-electron chi connectivity index (χ2n) is 4.88. The van der Waals surface area contributed by atoms with Gasteiger partial charge in [-0.1, -0.05) is 42.5 Å². The van der Waals surface area contributed by atoms with Crippen LogP contribution < -0.4 is 5.32 Å². The van der Waals surface area contributed by atoms with Gasteiger partial charge in [0.25, 0.3) is 0 Å². The SMILES string of the molecule is COCc1cccc(CNc2cnnc3ccccc23)c1. The molecule has 21 heavy (non-hydrogen) atoms. The Labute approximate surface area is 123 Å². The van der Waals surface area contributed by atoms with Crippen molar-refractivity contribution < 1.29 is 4.74 Å². The number of hydrogen-bond donors (Lipinski definition) is 1. The van der Waals surface area contributed by atoms with Gasteiger partial charge >= 0.3 is 0 Å². The normalized spacial score (nSPS) is 10.7. The molecule has 2 aromatic carbocycles. The molecule has 0 spiro atoms. The molecule has 1 N–H and O–H groups in total. The van der Waals surface area contributed by atoms with Crippen molar-refractivity contribution in [1.29, 1.82) is 0 Å². The summed E-state index contributed by atoms with van der Waals surface area (Å²) in [5, 5.41) is 12.7. The minimum Gasteiger partial charge on any atom is -0.380 e. The van der Waals surface area contributed by atoms with Gasteiger partial charge in [0.2, 0.25) is 0 Å². The monoisotopic (exact) mass is 279 g/mol. The topological polar surface area (TPSA) is 47.0 Å². The van der Waals surface area contributed by atoms with Crippen LogP contribution in [-0.4, -0.2) is 17.3 Å². The van der Waals surface area contributed by atoms with E-state index in [4.69, 9.17) is 4.74 Å². The lowest BCUT2D eigenvalue weighted by Crippen LogP contribution is -2.02. The molecule has 3 aromatic rings. The molecular formula is C17H17N3O. The molecule has 3 rings (SSSR count). The van der Waals surface area contributed by atoms with Crippen LogP contribution in [0, 0.1) is 0 Å². The molecule has 0 aliphatic rings. The molecule has 0 aliphatic heterocycles. The first-order chi connectivity index (χ1) is 10.4. The summed E-state index contributed by atoms with van der Waals surface area (Å²) in [7, 11) is 1.71. The lowest BCUT2D eigenvalue weighted by molar-refractivity contribution is 0.185. The smallest absolute Gasteiger partial charge is 0.0950 e. The van der Waals surface area contributed by atoms with Crippen LogP contribution in [0.25, 0.3) is 10.9 Å². The number of nitrogens with one attached hydrogen (secondary N) is 1. The van der Waals surface area contributed by atoms with Crippen LogP contribution in [0.2, 0.25) is 0 Å². The number of rotatable bonds is 5. The molecule has 0 bridgehead atoms. The van der Waals surface area contributed by atoms with Crippen molar-refractivity contribution in [2.45, 2.75) is 13.2 Å². The van der Waals surface area contributed by atoms with E-state index < -0.39 is 0 Å². The first-order valence-corrected chi connectivity index (χ1v) is 6.88. The largest absolute Gasteiger partial charge is 0.380 e. The number of ether oxygens (including phenoxy) is 1. The molecule has 0 aliphatic carbocycles. The first kappa shape index (κ1) is 13.5. The lowest BCUT2D eigenvalue weighted by Gasteiger charge is -2.09. The standard InChI is InChI=1S/C17H17N3O/c1-21-12-14-6-4-5-13(9-14)10-18-17-11-19-20-16-8-3-2-7-15(16)17/h2-9,11H,10,12H2,1H3,(H,18,20). The van der Waals surface area contributed by atoms with Crippen molar-refractivity contribution in [3.05, 3.63) is 65.9 Å². The number of methoxy groups -OCH3 is 1. The maximum absolute atomic E-state index is 5.16. The molecule has 4 heteroatoms. The summed E-state index contributed by atoms with van der Waals surface area (Å²) in [5.41, 5.74) is 4.29. The van der Waals surface area contributed by atoms with Gasteiger partial charge in [0.15, 0.2) is 0 Å². The van der Waals surface area contributed by atoms with Gasteiger partial charge in [-0.3, -0.25) is 0 Å². The predicted molar refractivity (Wildman–Crippen MR) is 84.0 cm³/mol. The number of nitrogens with zero attached hydrogens (tertiary/aromatic N) is 2. The third-order valence-corrected chi connectivity index (χ3v) is 3.33. The van der Waals surface area contributed by atoms with Crippen LogP contribution in [0.3, 0.4) is 0 Å². The highest BCUT2D eigenvalue weighted by Crippen LogP contribution is 2.20. The summed E-state index contributed by atoms with van der Waals surface area (Å²) >= 11 is 0. The first-order valence-electron chi connectivity index (χ1n) is 6.88. The van der Waals surface area contributed by atoms with Crippen molar-refractivity contribution in [1.82, 2.24) is 10.2 Å². The Hall–Kier alpha value is -2.46. The molecular weight excluding hydrogens is 262 g/mol. The second-order valence-corrected chi connectivity index (χ2v) is 4.88. The number of fused-ring (bicyclic) bond motifs is 1. The molecule has 4 nitrogen and oxygen atoms in total.